The second kappa shape index (κ2) is 7.23. The predicted octanol–water partition coefficient (Wildman–Crippen LogP) is 1.97. The van der Waals surface area contributed by atoms with Crippen molar-refractivity contribution in [1.29, 1.82) is 0 Å². The van der Waals surface area contributed by atoms with E-state index < -0.39 is 5.92 Å². The monoisotopic (exact) mass is 363 g/mol. The van der Waals surface area contributed by atoms with Crippen molar-refractivity contribution in [2.24, 2.45) is 0 Å². The molecule has 2 aromatic carbocycles. The summed E-state index contributed by atoms with van der Waals surface area (Å²) in [6.45, 7) is 0.963. The minimum Gasteiger partial charge on any atom is -0.340 e. The summed E-state index contributed by atoms with van der Waals surface area (Å²) in [4.78, 5) is 40.3. The van der Waals surface area contributed by atoms with Crippen LogP contribution in [0.5, 0.6) is 0 Å². The summed E-state index contributed by atoms with van der Waals surface area (Å²) < 4.78 is 0. The fourth-order valence-electron chi connectivity index (χ4n) is 3.91. The van der Waals surface area contributed by atoms with Gasteiger partial charge in [-0.2, -0.15) is 0 Å². The van der Waals surface area contributed by atoms with Gasteiger partial charge in [0.25, 0.3) is 0 Å². The Balaban J connectivity index is 1.58. The number of carbonyl (C=O) groups is 3. The van der Waals surface area contributed by atoms with Gasteiger partial charge in [0, 0.05) is 13.1 Å². The van der Waals surface area contributed by atoms with Gasteiger partial charge in [0.1, 0.15) is 0 Å². The Labute approximate surface area is 157 Å². The minimum atomic E-state index is -0.394. The predicted molar refractivity (Wildman–Crippen MR) is 100.0 cm³/mol. The van der Waals surface area contributed by atoms with Gasteiger partial charge >= 0.3 is 6.03 Å². The number of nitrogens with one attached hydrogen (secondary N) is 1. The van der Waals surface area contributed by atoms with Crippen molar-refractivity contribution >= 4 is 17.8 Å². The molecule has 2 aliphatic heterocycles. The first-order valence-corrected chi connectivity index (χ1v) is 9.13. The van der Waals surface area contributed by atoms with Crippen molar-refractivity contribution < 1.29 is 14.4 Å². The molecule has 0 saturated carbocycles. The third-order valence-electron chi connectivity index (χ3n) is 5.23. The molecule has 0 radical (unpaired) electrons. The Morgan fingerprint density at radius 3 is 2.07 bits per heavy atom. The van der Waals surface area contributed by atoms with E-state index in [2.05, 4.69) is 5.32 Å². The van der Waals surface area contributed by atoms with Gasteiger partial charge in [-0.3, -0.25) is 14.5 Å². The number of hydrogen-bond donors (Lipinski definition) is 1. The number of hydrogen-bond acceptors (Lipinski definition) is 3. The maximum Gasteiger partial charge on any atom is 0.324 e. The van der Waals surface area contributed by atoms with E-state index in [-0.39, 0.29) is 30.4 Å². The fraction of sp³-hybridized carbons (Fsp3) is 0.286. The fourth-order valence-corrected chi connectivity index (χ4v) is 3.91. The summed E-state index contributed by atoms with van der Waals surface area (Å²) >= 11 is 0. The molecule has 2 saturated heterocycles. The molecule has 2 aromatic rings. The topological polar surface area (TPSA) is 69.7 Å². The van der Waals surface area contributed by atoms with E-state index >= 15 is 0 Å². The third kappa shape index (κ3) is 3.30. The molecule has 0 aliphatic carbocycles. The van der Waals surface area contributed by atoms with Crippen LogP contribution in [-0.4, -0.2) is 53.3 Å². The molecule has 2 fully saturated rings. The first-order chi connectivity index (χ1) is 13.1. The summed E-state index contributed by atoms with van der Waals surface area (Å²) in [6.07, 6.45) is 0.612. The maximum absolute atomic E-state index is 13.4. The van der Waals surface area contributed by atoms with Gasteiger partial charge in [0.2, 0.25) is 11.8 Å². The summed E-state index contributed by atoms with van der Waals surface area (Å²) in [7, 11) is 0. The van der Waals surface area contributed by atoms with E-state index in [0.717, 1.165) is 11.1 Å². The highest BCUT2D eigenvalue weighted by Crippen LogP contribution is 2.29. The number of nitrogens with zero attached hydrogens (tertiary/aromatic N) is 2. The lowest BCUT2D eigenvalue weighted by atomic mass is 9.90. The van der Waals surface area contributed by atoms with Crippen LogP contribution in [0.15, 0.2) is 60.7 Å². The molecule has 6 nitrogen and oxygen atoms in total. The quantitative estimate of drug-likeness (QED) is 0.845. The zero-order chi connectivity index (χ0) is 18.8. The molecule has 27 heavy (non-hydrogen) atoms. The molecule has 6 heteroatoms. The van der Waals surface area contributed by atoms with Crippen LogP contribution < -0.4 is 5.32 Å². The van der Waals surface area contributed by atoms with Crippen LogP contribution in [0.1, 0.15) is 23.5 Å². The lowest BCUT2D eigenvalue weighted by molar-refractivity contribution is -0.132. The number of carbonyl (C=O) groups excluding carboxylic acids is 3. The average molecular weight is 363 g/mol. The molecule has 2 aliphatic rings. The smallest absolute Gasteiger partial charge is 0.324 e. The molecule has 138 valence electrons. The van der Waals surface area contributed by atoms with Gasteiger partial charge < -0.3 is 10.2 Å². The first kappa shape index (κ1) is 17.3. The summed E-state index contributed by atoms with van der Waals surface area (Å²) in [6, 6.07) is 18.8. The minimum absolute atomic E-state index is 0.00181. The number of urea groups is 1. The Hall–Kier alpha value is -3.15. The number of imide groups is 1. The summed E-state index contributed by atoms with van der Waals surface area (Å²) in [5.41, 5.74) is 1.87. The van der Waals surface area contributed by atoms with Crippen LogP contribution in [0.25, 0.3) is 0 Å². The largest absolute Gasteiger partial charge is 0.340 e. The third-order valence-corrected chi connectivity index (χ3v) is 5.23. The molecular formula is C21H21N3O3. The lowest BCUT2D eigenvalue weighted by Gasteiger charge is -2.25. The van der Waals surface area contributed by atoms with Crippen molar-refractivity contribution in [3.63, 3.8) is 0 Å². The van der Waals surface area contributed by atoms with E-state index in [9.17, 15) is 14.4 Å². The van der Waals surface area contributed by atoms with Crippen LogP contribution in [-0.2, 0) is 9.59 Å². The Bertz CT molecular complexity index is 798. The number of benzene rings is 2. The van der Waals surface area contributed by atoms with E-state index in [1.165, 1.54) is 4.90 Å². The summed E-state index contributed by atoms with van der Waals surface area (Å²) in [5.74, 6) is -0.613. The van der Waals surface area contributed by atoms with Gasteiger partial charge in [-0.05, 0) is 17.5 Å². The molecule has 4 amide bonds. The molecule has 4 rings (SSSR count). The van der Waals surface area contributed by atoms with Gasteiger partial charge in [-0.15, -0.1) is 0 Å². The zero-order valence-electron chi connectivity index (χ0n) is 14.9. The van der Waals surface area contributed by atoms with Crippen molar-refractivity contribution in [2.45, 2.75) is 18.4 Å². The standard InChI is InChI=1S/C21H21N3O3/c25-18-13-22-21(27)24(18)17-11-12-23(14-17)20(26)19(15-7-3-1-4-8-15)16-9-5-2-6-10-16/h1-10,17,19H,11-14H2,(H,22,27). The van der Waals surface area contributed by atoms with Gasteiger partial charge in [-0.1, -0.05) is 60.7 Å². The molecule has 0 aromatic heterocycles. The molecular weight excluding hydrogens is 342 g/mol. The number of likely N-dealkylation sites (tertiary alicyclic amines) is 1. The average Bonchev–Trinajstić information content (AvgIpc) is 3.30. The molecule has 1 atom stereocenters. The van der Waals surface area contributed by atoms with Crippen LogP contribution >= 0.6 is 0 Å². The van der Waals surface area contributed by atoms with Crippen molar-refractivity contribution in [1.82, 2.24) is 15.1 Å². The Kier molecular flexibility index (Phi) is 4.62. The molecule has 1 N–H and O–H groups in total. The van der Waals surface area contributed by atoms with E-state index in [1.807, 2.05) is 60.7 Å². The number of amides is 4. The highest BCUT2D eigenvalue weighted by Gasteiger charge is 2.41. The van der Waals surface area contributed by atoms with E-state index in [0.29, 0.717) is 19.5 Å². The molecule has 2 heterocycles. The van der Waals surface area contributed by atoms with Gasteiger partial charge in [0.15, 0.2) is 0 Å². The zero-order valence-corrected chi connectivity index (χ0v) is 14.9. The normalized spacial score (nSPS) is 19.7. The maximum atomic E-state index is 13.4. The van der Waals surface area contributed by atoms with Crippen LogP contribution in [0.2, 0.25) is 0 Å². The van der Waals surface area contributed by atoms with Gasteiger partial charge in [-0.25, -0.2) is 4.79 Å². The van der Waals surface area contributed by atoms with Crippen LogP contribution in [0, 0.1) is 0 Å². The van der Waals surface area contributed by atoms with E-state index in [1.54, 1.807) is 4.90 Å². The Morgan fingerprint density at radius 1 is 0.963 bits per heavy atom. The lowest BCUT2D eigenvalue weighted by Crippen LogP contribution is -2.43. The number of rotatable bonds is 4. The summed E-state index contributed by atoms with van der Waals surface area (Å²) in [5, 5.41) is 2.55. The highest BCUT2D eigenvalue weighted by molar-refractivity contribution is 6.02. The van der Waals surface area contributed by atoms with E-state index in [4.69, 9.17) is 0 Å². The Morgan fingerprint density at radius 2 is 1.56 bits per heavy atom. The van der Waals surface area contributed by atoms with Crippen LogP contribution in [0.4, 0.5) is 4.79 Å². The van der Waals surface area contributed by atoms with Gasteiger partial charge in [0.05, 0.1) is 18.5 Å². The van der Waals surface area contributed by atoms with Crippen molar-refractivity contribution in [3.05, 3.63) is 71.8 Å². The highest BCUT2D eigenvalue weighted by atomic mass is 16.2. The van der Waals surface area contributed by atoms with Crippen molar-refractivity contribution in [3.8, 4) is 0 Å². The van der Waals surface area contributed by atoms with Crippen LogP contribution in [0.3, 0.4) is 0 Å². The second-order valence-electron chi connectivity index (χ2n) is 6.90. The molecule has 1 unspecified atom stereocenters. The SMILES string of the molecule is O=C(C(c1ccccc1)c1ccccc1)N1CCC(N2C(=O)CNC2=O)C1. The second-order valence-corrected chi connectivity index (χ2v) is 6.90. The first-order valence-electron chi connectivity index (χ1n) is 9.13. The molecule has 0 spiro atoms. The molecule has 0 bridgehead atoms. The van der Waals surface area contributed by atoms with Crippen molar-refractivity contribution in [2.75, 3.05) is 19.6 Å².